The normalized spacial score (nSPS) is 14.4. The average Bonchev–Trinajstić information content (AvgIpc) is 2.84. The zero-order valence-electron chi connectivity index (χ0n) is 12.4. The number of carboxylic acid groups (broad SMARTS) is 1. The number of nitrogens with zero attached hydrogens (tertiary/aromatic N) is 1. The van der Waals surface area contributed by atoms with Crippen molar-refractivity contribution in [1.29, 1.82) is 0 Å². The third-order valence-electron chi connectivity index (χ3n) is 3.24. The van der Waals surface area contributed by atoms with Crippen molar-refractivity contribution in [2.75, 3.05) is 0 Å². The molecule has 0 aliphatic heterocycles. The van der Waals surface area contributed by atoms with Gasteiger partial charge in [0, 0.05) is 0 Å². The molecule has 2 unspecified atom stereocenters. The standard InChI is InChI=1S/C14H16N2O6S/c1-8-13(9(2)22-15-8)23(20,21)16-11(14(18)19)12(17)10-6-4-3-5-7-10/h3-7,11-12,16-17H,1-2H3,(H,18,19). The molecule has 124 valence electrons. The maximum atomic E-state index is 12.4. The zero-order valence-corrected chi connectivity index (χ0v) is 13.2. The number of aliphatic carboxylic acids is 1. The molecule has 9 heteroatoms. The minimum absolute atomic E-state index is 0.0355. The first-order valence-electron chi connectivity index (χ1n) is 6.65. The quantitative estimate of drug-likeness (QED) is 0.707. The Morgan fingerprint density at radius 2 is 1.87 bits per heavy atom. The molecule has 0 fully saturated rings. The molecule has 0 aliphatic carbocycles. The number of hydrogen-bond acceptors (Lipinski definition) is 6. The van der Waals surface area contributed by atoms with Crippen molar-refractivity contribution in [2.45, 2.75) is 30.9 Å². The molecule has 2 aromatic rings. The van der Waals surface area contributed by atoms with Gasteiger partial charge in [-0.3, -0.25) is 4.79 Å². The van der Waals surface area contributed by atoms with Gasteiger partial charge >= 0.3 is 5.97 Å². The lowest BCUT2D eigenvalue weighted by atomic mass is 10.0. The summed E-state index contributed by atoms with van der Waals surface area (Å²) in [6.45, 7) is 2.83. The Labute approximate surface area is 132 Å². The predicted molar refractivity (Wildman–Crippen MR) is 79.1 cm³/mol. The molecule has 0 radical (unpaired) electrons. The van der Waals surface area contributed by atoms with Gasteiger partial charge in [0.05, 0.1) is 0 Å². The van der Waals surface area contributed by atoms with Crippen molar-refractivity contribution >= 4 is 16.0 Å². The molecule has 0 saturated heterocycles. The number of aliphatic hydroxyl groups excluding tert-OH is 1. The molecular weight excluding hydrogens is 324 g/mol. The van der Waals surface area contributed by atoms with E-state index in [1.165, 1.54) is 26.0 Å². The molecule has 3 N–H and O–H groups in total. The van der Waals surface area contributed by atoms with E-state index >= 15 is 0 Å². The van der Waals surface area contributed by atoms with Gasteiger partial charge in [0.25, 0.3) is 0 Å². The monoisotopic (exact) mass is 340 g/mol. The number of nitrogens with one attached hydrogen (secondary N) is 1. The van der Waals surface area contributed by atoms with Crippen LogP contribution in [0.1, 0.15) is 23.1 Å². The largest absolute Gasteiger partial charge is 0.480 e. The molecule has 0 bridgehead atoms. The summed E-state index contributed by atoms with van der Waals surface area (Å²) in [5.74, 6) is -1.47. The lowest BCUT2D eigenvalue weighted by Gasteiger charge is -2.20. The predicted octanol–water partition coefficient (Wildman–Crippen LogP) is 0.757. The molecule has 1 aromatic heterocycles. The third-order valence-corrected chi connectivity index (χ3v) is 4.93. The van der Waals surface area contributed by atoms with Crippen LogP contribution in [0.3, 0.4) is 0 Å². The number of aromatic nitrogens is 1. The Kier molecular flexibility index (Phi) is 4.83. The smallest absolute Gasteiger partial charge is 0.324 e. The Bertz CT molecular complexity index is 780. The van der Waals surface area contributed by atoms with Gasteiger partial charge in [-0.1, -0.05) is 35.5 Å². The van der Waals surface area contributed by atoms with Crippen molar-refractivity contribution in [3.8, 4) is 0 Å². The SMILES string of the molecule is Cc1noc(C)c1S(=O)(=O)NC(C(=O)O)C(O)c1ccccc1. The fourth-order valence-corrected chi connectivity index (χ4v) is 3.70. The van der Waals surface area contributed by atoms with Crippen LogP contribution in [0.4, 0.5) is 0 Å². The number of carbonyl (C=O) groups is 1. The fourth-order valence-electron chi connectivity index (χ4n) is 2.18. The summed E-state index contributed by atoms with van der Waals surface area (Å²) < 4.78 is 31.6. The first-order valence-corrected chi connectivity index (χ1v) is 8.13. The second kappa shape index (κ2) is 6.49. The summed E-state index contributed by atoms with van der Waals surface area (Å²) in [5.41, 5.74) is 0.384. The topological polar surface area (TPSA) is 130 Å². The van der Waals surface area contributed by atoms with E-state index in [2.05, 4.69) is 5.16 Å². The molecule has 2 atom stereocenters. The second-order valence-electron chi connectivity index (χ2n) is 4.95. The van der Waals surface area contributed by atoms with E-state index in [0.717, 1.165) is 0 Å². The summed E-state index contributed by atoms with van der Waals surface area (Å²) in [6, 6.07) is 6.17. The molecule has 1 aromatic carbocycles. The molecule has 8 nitrogen and oxygen atoms in total. The highest BCUT2D eigenvalue weighted by Gasteiger charge is 2.35. The van der Waals surface area contributed by atoms with Gasteiger partial charge in [-0.25, -0.2) is 8.42 Å². The average molecular weight is 340 g/mol. The van der Waals surface area contributed by atoms with E-state index in [9.17, 15) is 23.4 Å². The van der Waals surface area contributed by atoms with Gasteiger partial charge in [0.2, 0.25) is 10.0 Å². The highest BCUT2D eigenvalue weighted by atomic mass is 32.2. The Morgan fingerprint density at radius 3 is 2.35 bits per heavy atom. The molecule has 0 spiro atoms. The number of carboxylic acids is 1. The van der Waals surface area contributed by atoms with Crippen molar-refractivity contribution in [1.82, 2.24) is 9.88 Å². The van der Waals surface area contributed by atoms with Gasteiger partial charge in [-0.2, -0.15) is 4.72 Å². The first-order chi connectivity index (χ1) is 10.7. The van der Waals surface area contributed by atoms with E-state index < -0.39 is 28.1 Å². The first kappa shape index (κ1) is 17.1. The van der Waals surface area contributed by atoms with Gasteiger partial charge in [-0.05, 0) is 19.4 Å². The number of aryl methyl sites for hydroxylation is 2. The van der Waals surface area contributed by atoms with E-state index in [-0.39, 0.29) is 21.9 Å². The molecule has 0 aliphatic rings. The van der Waals surface area contributed by atoms with Crippen LogP contribution in [-0.2, 0) is 14.8 Å². The second-order valence-corrected chi connectivity index (χ2v) is 6.60. The minimum atomic E-state index is -4.22. The van der Waals surface area contributed by atoms with Gasteiger partial charge in [-0.15, -0.1) is 0 Å². The maximum Gasteiger partial charge on any atom is 0.324 e. The van der Waals surface area contributed by atoms with Gasteiger partial charge < -0.3 is 14.7 Å². The Hall–Kier alpha value is -2.23. The van der Waals surface area contributed by atoms with Crippen molar-refractivity contribution < 1.29 is 27.9 Å². The zero-order chi connectivity index (χ0) is 17.2. The molecule has 0 amide bonds. The highest BCUT2D eigenvalue weighted by molar-refractivity contribution is 7.89. The summed E-state index contributed by atoms with van der Waals surface area (Å²) in [4.78, 5) is 11.2. The molecule has 1 heterocycles. The molecule has 23 heavy (non-hydrogen) atoms. The van der Waals surface area contributed by atoms with E-state index in [1.54, 1.807) is 18.2 Å². The molecule has 0 saturated carbocycles. The number of aliphatic hydroxyl groups is 1. The Morgan fingerprint density at radius 1 is 1.26 bits per heavy atom. The fraction of sp³-hybridized carbons (Fsp3) is 0.286. The van der Waals surface area contributed by atoms with Crippen LogP contribution >= 0.6 is 0 Å². The number of benzene rings is 1. The van der Waals surface area contributed by atoms with E-state index in [0.29, 0.717) is 0 Å². The number of hydrogen-bond donors (Lipinski definition) is 3. The number of rotatable bonds is 6. The molecular formula is C14H16N2O6S. The van der Waals surface area contributed by atoms with Crippen LogP contribution in [-0.4, -0.2) is 35.8 Å². The van der Waals surface area contributed by atoms with Gasteiger partial charge in [0.1, 0.15) is 22.7 Å². The van der Waals surface area contributed by atoms with Crippen LogP contribution in [0, 0.1) is 13.8 Å². The van der Waals surface area contributed by atoms with Crippen LogP contribution < -0.4 is 4.72 Å². The van der Waals surface area contributed by atoms with Crippen molar-refractivity contribution in [2.24, 2.45) is 0 Å². The lowest BCUT2D eigenvalue weighted by molar-refractivity contribution is -0.141. The van der Waals surface area contributed by atoms with E-state index in [1.807, 2.05) is 4.72 Å². The van der Waals surface area contributed by atoms with E-state index in [4.69, 9.17) is 4.52 Å². The van der Waals surface area contributed by atoms with Crippen LogP contribution in [0.5, 0.6) is 0 Å². The summed E-state index contributed by atoms with van der Waals surface area (Å²) >= 11 is 0. The summed E-state index contributed by atoms with van der Waals surface area (Å²) in [5, 5.41) is 23.0. The van der Waals surface area contributed by atoms with Crippen molar-refractivity contribution in [3.05, 3.63) is 47.3 Å². The van der Waals surface area contributed by atoms with Gasteiger partial charge in [0.15, 0.2) is 5.76 Å². The third kappa shape index (κ3) is 3.58. The summed E-state index contributed by atoms with van der Waals surface area (Å²) in [6.07, 6.45) is -1.55. The van der Waals surface area contributed by atoms with Crippen LogP contribution in [0.25, 0.3) is 0 Å². The number of sulfonamides is 1. The molecule has 2 rings (SSSR count). The maximum absolute atomic E-state index is 12.4. The van der Waals surface area contributed by atoms with Crippen molar-refractivity contribution in [3.63, 3.8) is 0 Å². The van der Waals surface area contributed by atoms with Crippen LogP contribution in [0.2, 0.25) is 0 Å². The van der Waals surface area contributed by atoms with Crippen LogP contribution in [0.15, 0.2) is 39.8 Å². The Balaban J connectivity index is 2.35. The lowest BCUT2D eigenvalue weighted by Crippen LogP contribution is -2.45. The minimum Gasteiger partial charge on any atom is -0.480 e. The summed E-state index contributed by atoms with van der Waals surface area (Å²) in [7, 11) is -4.22. The highest BCUT2D eigenvalue weighted by Crippen LogP contribution is 2.22.